The fourth-order valence-corrected chi connectivity index (χ4v) is 3.97. The van der Waals surface area contributed by atoms with Crippen molar-refractivity contribution in [2.75, 3.05) is 6.79 Å². The van der Waals surface area contributed by atoms with Crippen molar-refractivity contribution in [3.63, 3.8) is 0 Å². The Hall–Kier alpha value is -2.57. The van der Waals surface area contributed by atoms with E-state index in [9.17, 15) is 4.79 Å². The van der Waals surface area contributed by atoms with E-state index in [-0.39, 0.29) is 12.7 Å². The molecule has 1 aliphatic rings. The molecule has 26 heavy (non-hydrogen) atoms. The molecule has 3 aromatic rings. The van der Waals surface area contributed by atoms with Crippen LogP contribution < -0.4 is 14.8 Å². The van der Waals surface area contributed by atoms with Gasteiger partial charge in [0, 0.05) is 12.1 Å². The highest BCUT2D eigenvalue weighted by atomic mass is 35.5. The molecule has 0 fully saturated rings. The van der Waals surface area contributed by atoms with E-state index in [1.807, 2.05) is 49.4 Å². The summed E-state index contributed by atoms with van der Waals surface area (Å²) in [4.78, 5) is 17.7. The molecule has 0 aliphatic carbocycles. The second kappa shape index (κ2) is 6.97. The van der Waals surface area contributed by atoms with Crippen LogP contribution >= 0.6 is 22.9 Å². The quantitative estimate of drug-likeness (QED) is 0.720. The normalized spacial score (nSPS) is 12.2. The number of fused-ring (bicyclic) bond motifs is 1. The van der Waals surface area contributed by atoms with Crippen LogP contribution in [0.1, 0.15) is 20.9 Å². The Morgan fingerprint density at radius 1 is 1.23 bits per heavy atom. The number of benzene rings is 2. The number of aryl methyl sites for hydroxylation is 1. The van der Waals surface area contributed by atoms with Gasteiger partial charge in [0.05, 0.1) is 10.7 Å². The number of nitrogens with one attached hydrogen (secondary N) is 1. The number of halogens is 1. The van der Waals surface area contributed by atoms with Crippen LogP contribution in [0.4, 0.5) is 0 Å². The molecule has 1 aromatic heterocycles. The molecule has 7 heteroatoms. The number of rotatable bonds is 4. The molecule has 2 heterocycles. The fourth-order valence-electron chi connectivity index (χ4n) is 2.67. The third kappa shape index (κ3) is 3.25. The smallest absolute Gasteiger partial charge is 0.263 e. The topological polar surface area (TPSA) is 60.5 Å². The molecular formula is C19H15ClN2O3S. The van der Waals surface area contributed by atoms with Gasteiger partial charge in [0.15, 0.2) is 11.5 Å². The second-order valence-corrected chi connectivity index (χ2v) is 7.19. The van der Waals surface area contributed by atoms with Crippen molar-refractivity contribution >= 4 is 28.8 Å². The van der Waals surface area contributed by atoms with Gasteiger partial charge in [0.2, 0.25) is 6.79 Å². The highest BCUT2D eigenvalue weighted by Crippen LogP contribution is 2.34. The molecule has 0 saturated heterocycles. The number of nitrogens with zero attached hydrogens (tertiary/aromatic N) is 1. The standard InChI is InChI=1S/C19H15ClN2O3S/c1-11-17(26-19(22-11)13-4-2-3-5-14(13)20)18(23)21-9-12-6-7-15-16(8-12)25-10-24-15/h2-8H,9-10H2,1H3,(H,21,23). The lowest BCUT2D eigenvalue weighted by Crippen LogP contribution is -2.22. The number of ether oxygens (including phenoxy) is 2. The average molecular weight is 387 g/mol. The van der Waals surface area contributed by atoms with Gasteiger partial charge in [-0.25, -0.2) is 4.98 Å². The Morgan fingerprint density at radius 2 is 2.04 bits per heavy atom. The van der Waals surface area contributed by atoms with E-state index >= 15 is 0 Å². The minimum Gasteiger partial charge on any atom is -0.454 e. The molecule has 2 aromatic carbocycles. The number of amides is 1. The van der Waals surface area contributed by atoms with Crippen LogP contribution in [-0.2, 0) is 6.54 Å². The van der Waals surface area contributed by atoms with Gasteiger partial charge in [0.1, 0.15) is 9.88 Å². The summed E-state index contributed by atoms with van der Waals surface area (Å²) >= 11 is 7.57. The summed E-state index contributed by atoms with van der Waals surface area (Å²) in [6, 6.07) is 13.1. The van der Waals surface area contributed by atoms with E-state index in [2.05, 4.69) is 10.3 Å². The van der Waals surface area contributed by atoms with Gasteiger partial charge >= 0.3 is 0 Å². The summed E-state index contributed by atoms with van der Waals surface area (Å²) in [7, 11) is 0. The molecule has 0 radical (unpaired) electrons. The minimum atomic E-state index is -0.157. The zero-order valence-corrected chi connectivity index (χ0v) is 15.5. The third-order valence-electron chi connectivity index (χ3n) is 4.00. The Labute approximate surface area is 159 Å². The van der Waals surface area contributed by atoms with Crippen LogP contribution in [-0.4, -0.2) is 17.7 Å². The molecule has 0 bridgehead atoms. The number of carbonyl (C=O) groups is 1. The summed E-state index contributed by atoms with van der Waals surface area (Å²) in [6.45, 7) is 2.45. The number of hydrogen-bond acceptors (Lipinski definition) is 5. The van der Waals surface area contributed by atoms with Crippen LogP contribution in [0.15, 0.2) is 42.5 Å². The van der Waals surface area contributed by atoms with Gasteiger partial charge in [-0.3, -0.25) is 4.79 Å². The largest absolute Gasteiger partial charge is 0.454 e. The summed E-state index contributed by atoms with van der Waals surface area (Å²) in [5.41, 5.74) is 2.46. The maximum atomic E-state index is 12.6. The zero-order chi connectivity index (χ0) is 18.1. The molecule has 1 N–H and O–H groups in total. The first-order valence-corrected chi connectivity index (χ1v) is 9.20. The number of hydrogen-bond donors (Lipinski definition) is 1. The zero-order valence-electron chi connectivity index (χ0n) is 13.9. The Kier molecular flexibility index (Phi) is 4.53. The Balaban J connectivity index is 1.49. The maximum absolute atomic E-state index is 12.6. The third-order valence-corrected chi connectivity index (χ3v) is 5.52. The first-order chi connectivity index (χ1) is 12.6. The highest BCUT2D eigenvalue weighted by Gasteiger charge is 2.18. The predicted octanol–water partition coefficient (Wildman–Crippen LogP) is 4.43. The maximum Gasteiger partial charge on any atom is 0.263 e. The first-order valence-electron chi connectivity index (χ1n) is 8.01. The average Bonchev–Trinajstić information content (AvgIpc) is 3.26. The second-order valence-electron chi connectivity index (χ2n) is 5.78. The van der Waals surface area contributed by atoms with E-state index in [0.717, 1.165) is 21.9 Å². The molecule has 5 nitrogen and oxygen atoms in total. The van der Waals surface area contributed by atoms with Crippen molar-refractivity contribution in [2.45, 2.75) is 13.5 Å². The number of carbonyl (C=O) groups excluding carboxylic acids is 1. The highest BCUT2D eigenvalue weighted by molar-refractivity contribution is 7.17. The van der Waals surface area contributed by atoms with Crippen molar-refractivity contribution in [1.29, 1.82) is 0 Å². The van der Waals surface area contributed by atoms with Crippen molar-refractivity contribution in [3.8, 4) is 22.1 Å². The van der Waals surface area contributed by atoms with Crippen molar-refractivity contribution < 1.29 is 14.3 Å². The molecular weight excluding hydrogens is 372 g/mol. The van der Waals surface area contributed by atoms with E-state index in [1.165, 1.54) is 11.3 Å². The lowest BCUT2D eigenvalue weighted by atomic mass is 10.2. The van der Waals surface area contributed by atoms with Gasteiger partial charge < -0.3 is 14.8 Å². The van der Waals surface area contributed by atoms with Crippen molar-refractivity contribution in [1.82, 2.24) is 10.3 Å². The molecule has 1 amide bonds. The summed E-state index contributed by atoms with van der Waals surface area (Å²) < 4.78 is 10.6. The van der Waals surface area contributed by atoms with Crippen molar-refractivity contribution in [2.24, 2.45) is 0 Å². The predicted molar refractivity (Wildman–Crippen MR) is 101 cm³/mol. The first kappa shape index (κ1) is 16.9. The summed E-state index contributed by atoms with van der Waals surface area (Å²) in [5.74, 6) is 1.27. The molecule has 0 unspecified atom stereocenters. The van der Waals surface area contributed by atoms with E-state index < -0.39 is 0 Å². The molecule has 1 aliphatic heterocycles. The fraction of sp³-hybridized carbons (Fsp3) is 0.158. The molecule has 0 spiro atoms. The Morgan fingerprint density at radius 3 is 2.88 bits per heavy atom. The Bertz CT molecular complexity index is 987. The minimum absolute atomic E-state index is 0.157. The van der Waals surface area contributed by atoms with Gasteiger partial charge in [-0.05, 0) is 30.7 Å². The lowest BCUT2D eigenvalue weighted by molar-refractivity contribution is 0.0954. The van der Waals surface area contributed by atoms with Crippen LogP contribution in [0.5, 0.6) is 11.5 Å². The monoisotopic (exact) mass is 386 g/mol. The molecule has 0 atom stereocenters. The summed E-state index contributed by atoms with van der Waals surface area (Å²) in [5, 5.41) is 4.29. The molecule has 132 valence electrons. The van der Waals surface area contributed by atoms with Gasteiger partial charge in [-0.1, -0.05) is 35.9 Å². The lowest BCUT2D eigenvalue weighted by Gasteiger charge is -2.05. The van der Waals surface area contributed by atoms with E-state index in [0.29, 0.717) is 27.9 Å². The summed E-state index contributed by atoms with van der Waals surface area (Å²) in [6.07, 6.45) is 0. The van der Waals surface area contributed by atoms with Gasteiger partial charge in [-0.15, -0.1) is 11.3 Å². The van der Waals surface area contributed by atoms with Crippen LogP contribution in [0.3, 0.4) is 0 Å². The van der Waals surface area contributed by atoms with Crippen LogP contribution in [0.2, 0.25) is 5.02 Å². The van der Waals surface area contributed by atoms with E-state index in [1.54, 1.807) is 0 Å². The van der Waals surface area contributed by atoms with Crippen LogP contribution in [0.25, 0.3) is 10.6 Å². The SMILES string of the molecule is Cc1nc(-c2ccccc2Cl)sc1C(=O)NCc1ccc2c(c1)OCO2. The molecule has 0 saturated carbocycles. The van der Waals surface area contributed by atoms with Crippen LogP contribution in [0, 0.1) is 6.92 Å². The van der Waals surface area contributed by atoms with Gasteiger partial charge in [-0.2, -0.15) is 0 Å². The van der Waals surface area contributed by atoms with Crippen molar-refractivity contribution in [3.05, 3.63) is 63.6 Å². The van der Waals surface area contributed by atoms with Gasteiger partial charge in [0.25, 0.3) is 5.91 Å². The number of thiazole rings is 1. The van der Waals surface area contributed by atoms with E-state index in [4.69, 9.17) is 21.1 Å². The molecule has 4 rings (SSSR count). The number of aromatic nitrogens is 1.